The minimum atomic E-state index is 0.215. The van der Waals surface area contributed by atoms with Gasteiger partial charge >= 0.3 is 0 Å². The van der Waals surface area contributed by atoms with Crippen LogP contribution in [0.15, 0.2) is 48.5 Å². The molecule has 5 heteroatoms. The van der Waals surface area contributed by atoms with Crippen molar-refractivity contribution in [1.82, 2.24) is 4.90 Å². The molecule has 1 aliphatic heterocycles. The van der Waals surface area contributed by atoms with Gasteiger partial charge in [0.05, 0.1) is 0 Å². The number of nitrogens with two attached hydrogens (primary N) is 1. The Kier molecular flexibility index (Phi) is 7.97. The Morgan fingerprint density at radius 2 is 1.55 bits per heavy atom. The highest BCUT2D eigenvalue weighted by Gasteiger charge is 2.25. The third-order valence-electron chi connectivity index (χ3n) is 6.12. The molecule has 1 amide bonds. The van der Waals surface area contributed by atoms with Gasteiger partial charge in [0.25, 0.3) is 5.91 Å². The van der Waals surface area contributed by atoms with Crippen LogP contribution in [0, 0.1) is 11.8 Å². The number of carbonyl (C=O) groups is 1. The van der Waals surface area contributed by atoms with Gasteiger partial charge in [-0.15, -0.1) is 0 Å². The smallest absolute Gasteiger partial charge is 0.277 e. The zero-order chi connectivity index (χ0) is 22.4. The molecular weight excluding hydrogens is 386 g/mol. The summed E-state index contributed by atoms with van der Waals surface area (Å²) in [5.41, 5.74) is 3.77. The van der Waals surface area contributed by atoms with Crippen LogP contribution in [0.25, 0.3) is 0 Å². The molecule has 0 unspecified atom stereocenters. The van der Waals surface area contributed by atoms with Crippen molar-refractivity contribution in [3.8, 4) is 5.75 Å². The molecule has 31 heavy (non-hydrogen) atoms. The summed E-state index contributed by atoms with van der Waals surface area (Å²) in [6, 6.07) is 16.5. The molecule has 1 atom stereocenters. The molecule has 1 saturated heterocycles. The summed E-state index contributed by atoms with van der Waals surface area (Å²) in [5.74, 6) is 1.61. The number of amides is 1. The number of benzene rings is 2. The molecule has 0 saturated carbocycles. The first kappa shape index (κ1) is 23.1. The maximum absolute atomic E-state index is 12.9. The number of hydrogen-bond donors (Lipinski definition) is 2. The van der Waals surface area contributed by atoms with Crippen LogP contribution >= 0.6 is 0 Å². The van der Waals surface area contributed by atoms with E-state index in [1.54, 1.807) is 12.1 Å². The summed E-state index contributed by atoms with van der Waals surface area (Å²) >= 11 is 0. The molecule has 0 bridgehead atoms. The minimum Gasteiger partial charge on any atom is -0.508 e. The fraction of sp³-hybridized carbons (Fsp3) is 0.500. The number of hydrogen-bond acceptors (Lipinski definition) is 3. The molecule has 1 heterocycles. The Hall–Kier alpha value is -2.53. The molecular formula is C26H38N3O2+. The molecule has 0 aromatic heterocycles. The van der Waals surface area contributed by atoms with Crippen molar-refractivity contribution in [2.45, 2.75) is 40.2 Å². The van der Waals surface area contributed by atoms with E-state index < -0.39 is 0 Å². The van der Waals surface area contributed by atoms with E-state index >= 15 is 0 Å². The summed E-state index contributed by atoms with van der Waals surface area (Å²) in [6.45, 7) is 12.5. The fourth-order valence-corrected chi connectivity index (χ4v) is 4.37. The molecule has 1 fully saturated rings. The Morgan fingerprint density at radius 3 is 2.10 bits per heavy atom. The van der Waals surface area contributed by atoms with E-state index in [1.807, 2.05) is 17.0 Å². The predicted molar refractivity (Wildman–Crippen MR) is 126 cm³/mol. The number of aromatic hydroxyl groups is 1. The lowest BCUT2D eigenvalue weighted by atomic mass is 9.93. The van der Waals surface area contributed by atoms with Crippen LogP contribution in [0.2, 0.25) is 0 Å². The lowest BCUT2D eigenvalue weighted by Crippen LogP contribution is -2.88. The molecule has 2 aromatic rings. The average molecular weight is 425 g/mol. The molecule has 0 spiro atoms. The SMILES string of the molecule is CC(C)Cc1ccc([C@@H]([NH2+]CC(=O)N2CCN(c3ccc(O)cc3)CC2)C(C)C)cc1. The maximum atomic E-state index is 12.9. The first-order valence-corrected chi connectivity index (χ1v) is 11.6. The van der Waals surface area contributed by atoms with Gasteiger partial charge in [-0.2, -0.15) is 0 Å². The summed E-state index contributed by atoms with van der Waals surface area (Å²) in [5, 5.41) is 11.7. The van der Waals surface area contributed by atoms with Crippen LogP contribution < -0.4 is 10.2 Å². The summed E-state index contributed by atoms with van der Waals surface area (Å²) in [4.78, 5) is 17.1. The molecule has 0 radical (unpaired) electrons. The first-order valence-electron chi connectivity index (χ1n) is 11.6. The second kappa shape index (κ2) is 10.7. The van der Waals surface area contributed by atoms with Crippen molar-refractivity contribution in [2.24, 2.45) is 11.8 Å². The number of piperazine rings is 1. The maximum Gasteiger partial charge on any atom is 0.277 e. The number of quaternary nitrogens is 1. The Labute approximate surface area is 187 Å². The minimum absolute atomic E-state index is 0.215. The fourth-order valence-electron chi connectivity index (χ4n) is 4.37. The highest BCUT2D eigenvalue weighted by Crippen LogP contribution is 2.21. The van der Waals surface area contributed by atoms with Crippen molar-refractivity contribution in [3.63, 3.8) is 0 Å². The van der Waals surface area contributed by atoms with Crippen LogP contribution in [0.1, 0.15) is 44.9 Å². The molecule has 1 aliphatic rings. The Morgan fingerprint density at radius 1 is 0.935 bits per heavy atom. The normalized spacial score (nSPS) is 15.5. The van der Waals surface area contributed by atoms with Gasteiger partial charge in [0.1, 0.15) is 11.8 Å². The van der Waals surface area contributed by atoms with Gasteiger partial charge in [-0.1, -0.05) is 52.0 Å². The number of anilines is 1. The number of phenolic OH excluding ortho intramolecular Hbond substituents is 1. The molecule has 5 nitrogen and oxygen atoms in total. The largest absolute Gasteiger partial charge is 0.508 e. The summed E-state index contributed by atoms with van der Waals surface area (Å²) < 4.78 is 0. The Bertz CT molecular complexity index is 823. The van der Waals surface area contributed by atoms with Gasteiger partial charge in [0.15, 0.2) is 6.54 Å². The lowest BCUT2D eigenvalue weighted by Gasteiger charge is -2.36. The second-order valence-electron chi connectivity index (χ2n) is 9.43. The van der Waals surface area contributed by atoms with Crippen molar-refractivity contribution in [2.75, 3.05) is 37.6 Å². The topological polar surface area (TPSA) is 60.4 Å². The van der Waals surface area contributed by atoms with Crippen LogP contribution in [-0.2, 0) is 11.2 Å². The molecule has 168 valence electrons. The summed E-state index contributed by atoms with van der Waals surface area (Å²) in [7, 11) is 0. The quantitative estimate of drug-likeness (QED) is 0.684. The van der Waals surface area contributed by atoms with Gasteiger partial charge in [-0.05, 0) is 42.2 Å². The standard InChI is InChI=1S/C26H37N3O2/c1-19(2)17-21-5-7-22(8-6-21)26(20(3)4)27-18-25(31)29-15-13-28(14-16-29)23-9-11-24(30)12-10-23/h5-12,19-20,26-27,30H,13-18H2,1-4H3/p+1/t26-/m0/s1. The average Bonchev–Trinajstić information content (AvgIpc) is 2.75. The van der Waals surface area contributed by atoms with E-state index in [9.17, 15) is 9.90 Å². The molecule has 2 aromatic carbocycles. The van der Waals surface area contributed by atoms with Gasteiger partial charge in [0, 0.05) is 43.3 Å². The molecule has 0 aliphatic carbocycles. The predicted octanol–water partition coefficient (Wildman–Crippen LogP) is 3.20. The van der Waals surface area contributed by atoms with Crippen LogP contribution in [0.3, 0.4) is 0 Å². The highest BCUT2D eigenvalue weighted by atomic mass is 16.3. The van der Waals surface area contributed by atoms with E-state index in [-0.39, 0.29) is 17.7 Å². The zero-order valence-electron chi connectivity index (χ0n) is 19.4. The van der Waals surface area contributed by atoms with Gasteiger partial charge in [-0.3, -0.25) is 4.79 Å². The second-order valence-corrected chi connectivity index (χ2v) is 9.43. The van der Waals surface area contributed by atoms with E-state index in [0.29, 0.717) is 18.4 Å². The van der Waals surface area contributed by atoms with Crippen molar-refractivity contribution < 1.29 is 15.2 Å². The zero-order valence-corrected chi connectivity index (χ0v) is 19.4. The van der Waals surface area contributed by atoms with Crippen LogP contribution in [-0.4, -0.2) is 48.6 Å². The highest BCUT2D eigenvalue weighted by molar-refractivity contribution is 5.77. The third-order valence-corrected chi connectivity index (χ3v) is 6.12. The van der Waals surface area contributed by atoms with Crippen LogP contribution in [0.5, 0.6) is 5.75 Å². The molecule has 3 N–H and O–H groups in total. The number of phenols is 1. The van der Waals surface area contributed by atoms with Gasteiger partial charge in [0.2, 0.25) is 0 Å². The van der Waals surface area contributed by atoms with Crippen LogP contribution in [0.4, 0.5) is 5.69 Å². The van der Waals surface area contributed by atoms with Crippen molar-refractivity contribution >= 4 is 11.6 Å². The molecule has 3 rings (SSSR count). The van der Waals surface area contributed by atoms with Gasteiger partial charge < -0.3 is 20.2 Å². The Balaban J connectivity index is 1.52. The van der Waals surface area contributed by atoms with Crippen molar-refractivity contribution in [1.29, 1.82) is 0 Å². The monoisotopic (exact) mass is 424 g/mol. The first-order chi connectivity index (χ1) is 14.8. The number of nitrogens with zero attached hydrogens (tertiary/aromatic N) is 2. The van der Waals surface area contributed by atoms with E-state index in [4.69, 9.17) is 0 Å². The number of rotatable bonds is 8. The third kappa shape index (κ3) is 6.47. The van der Waals surface area contributed by atoms with E-state index in [1.165, 1.54) is 11.1 Å². The van der Waals surface area contributed by atoms with E-state index in [0.717, 1.165) is 38.3 Å². The number of carbonyl (C=O) groups excluding carboxylic acids is 1. The summed E-state index contributed by atoms with van der Waals surface area (Å²) in [6.07, 6.45) is 1.10. The van der Waals surface area contributed by atoms with Gasteiger partial charge in [-0.25, -0.2) is 0 Å². The lowest BCUT2D eigenvalue weighted by molar-refractivity contribution is -0.692. The van der Waals surface area contributed by atoms with E-state index in [2.05, 4.69) is 62.2 Å². The van der Waals surface area contributed by atoms with Crippen molar-refractivity contribution in [3.05, 3.63) is 59.7 Å².